The number of hydrogen-bond acceptors (Lipinski definition) is 2. The van der Waals surface area contributed by atoms with Crippen LogP contribution >= 0.6 is 0 Å². The van der Waals surface area contributed by atoms with Gasteiger partial charge in [-0.05, 0) is 42.8 Å². The van der Waals surface area contributed by atoms with Gasteiger partial charge in [0.15, 0.2) is 0 Å². The van der Waals surface area contributed by atoms with Crippen LogP contribution in [0.15, 0.2) is 42.7 Å². The lowest BCUT2D eigenvalue weighted by Crippen LogP contribution is -2.21. The van der Waals surface area contributed by atoms with Crippen LogP contribution in [0.2, 0.25) is 0 Å². The summed E-state index contributed by atoms with van der Waals surface area (Å²) in [6, 6.07) is 11.0. The van der Waals surface area contributed by atoms with E-state index in [1.165, 1.54) is 22.3 Å². The summed E-state index contributed by atoms with van der Waals surface area (Å²) in [7, 11) is 0. The van der Waals surface area contributed by atoms with Gasteiger partial charge in [0.1, 0.15) is 0 Å². The van der Waals surface area contributed by atoms with E-state index in [1.807, 2.05) is 12.4 Å². The molecule has 1 heterocycles. The molecule has 2 rings (SSSR count). The first-order valence-corrected chi connectivity index (χ1v) is 6.96. The molecule has 0 amide bonds. The third-order valence-corrected chi connectivity index (χ3v) is 3.46. The molecular formula is C17H22N2. The molecule has 0 aliphatic rings. The minimum absolute atomic E-state index is 1.03. The third-order valence-electron chi connectivity index (χ3n) is 3.46. The molecule has 1 aromatic carbocycles. The largest absolute Gasteiger partial charge is 0.300 e. The smallest absolute Gasteiger partial charge is 0.0346 e. The van der Waals surface area contributed by atoms with E-state index in [-0.39, 0.29) is 0 Å². The lowest BCUT2D eigenvalue weighted by Gasteiger charge is -2.18. The van der Waals surface area contributed by atoms with E-state index in [0.717, 1.165) is 19.6 Å². The molecule has 0 spiro atoms. The fourth-order valence-electron chi connectivity index (χ4n) is 2.22. The van der Waals surface area contributed by atoms with E-state index in [1.54, 1.807) is 0 Å². The van der Waals surface area contributed by atoms with Crippen molar-refractivity contribution in [3.05, 3.63) is 53.9 Å². The molecule has 0 unspecified atom stereocenters. The summed E-state index contributed by atoms with van der Waals surface area (Å²) < 4.78 is 0. The zero-order valence-corrected chi connectivity index (χ0v) is 12.1. The monoisotopic (exact) mass is 254 g/mol. The number of benzene rings is 1. The summed E-state index contributed by atoms with van der Waals surface area (Å²) in [4.78, 5) is 6.67. The highest BCUT2D eigenvalue weighted by Gasteiger charge is 2.02. The topological polar surface area (TPSA) is 16.1 Å². The Morgan fingerprint density at radius 2 is 1.63 bits per heavy atom. The van der Waals surface area contributed by atoms with Crippen LogP contribution in [0.25, 0.3) is 11.1 Å². The van der Waals surface area contributed by atoms with Crippen LogP contribution in [0, 0.1) is 6.92 Å². The Morgan fingerprint density at radius 3 is 2.21 bits per heavy atom. The van der Waals surface area contributed by atoms with Crippen LogP contribution in [0.5, 0.6) is 0 Å². The number of aromatic nitrogens is 1. The van der Waals surface area contributed by atoms with Gasteiger partial charge in [0, 0.05) is 24.5 Å². The van der Waals surface area contributed by atoms with Crippen molar-refractivity contribution in [2.24, 2.45) is 0 Å². The van der Waals surface area contributed by atoms with Crippen molar-refractivity contribution in [3.63, 3.8) is 0 Å². The zero-order chi connectivity index (χ0) is 13.7. The van der Waals surface area contributed by atoms with Crippen molar-refractivity contribution >= 4 is 0 Å². The molecule has 100 valence electrons. The molecule has 2 nitrogen and oxygen atoms in total. The van der Waals surface area contributed by atoms with Crippen molar-refractivity contribution in [2.45, 2.75) is 27.3 Å². The van der Waals surface area contributed by atoms with Gasteiger partial charge in [-0.15, -0.1) is 0 Å². The number of nitrogens with zero attached hydrogens (tertiary/aromatic N) is 2. The van der Waals surface area contributed by atoms with Gasteiger partial charge in [-0.2, -0.15) is 0 Å². The summed E-state index contributed by atoms with van der Waals surface area (Å²) in [5, 5.41) is 0. The van der Waals surface area contributed by atoms with Crippen molar-refractivity contribution in [1.82, 2.24) is 9.88 Å². The Balaban J connectivity index is 2.14. The Bertz CT molecular complexity index is 513. The first kappa shape index (κ1) is 13.8. The average Bonchev–Trinajstić information content (AvgIpc) is 2.45. The molecule has 0 N–H and O–H groups in total. The molecule has 19 heavy (non-hydrogen) atoms. The van der Waals surface area contributed by atoms with Crippen LogP contribution in [-0.2, 0) is 6.54 Å². The predicted octanol–water partition coefficient (Wildman–Crippen LogP) is 3.90. The first-order chi connectivity index (χ1) is 9.22. The quantitative estimate of drug-likeness (QED) is 0.804. The van der Waals surface area contributed by atoms with Gasteiger partial charge in [-0.25, -0.2) is 0 Å². The van der Waals surface area contributed by atoms with Crippen molar-refractivity contribution < 1.29 is 0 Å². The summed E-state index contributed by atoms with van der Waals surface area (Å²) in [6.45, 7) is 9.71. The third kappa shape index (κ3) is 3.65. The minimum atomic E-state index is 1.03. The van der Waals surface area contributed by atoms with Gasteiger partial charge in [0.05, 0.1) is 0 Å². The molecular weight excluding hydrogens is 232 g/mol. The van der Waals surface area contributed by atoms with Gasteiger partial charge < -0.3 is 0 Å². The fourth-order valence-corrected chi connectivity index (χ4v) is 2.22. The Morgan fingerprint density at radius 1 is 0.947 bits per heavy atom. The second-order valence-corrected chi connectivity index (χ2v) is 4.91. The van der Waals surface area contributed by atoms with Crippen LogP contribution in [0.3, 0.4) is 0 Å². The van der Waals surface area contributed by atoms with Gasteiger partial charge in [-0.1, -0.05) is 38.1 Å². The lowest BCUT2D eigenvalue weighted by molar-refractivity contribution is 0.296. The van der Waals surface area contributed by atoms with E-state index >= 15 is 0 Å². The maximum atomic E-state index is 4.25. The molecule has 0 saturated heterocycles. The molecule has 2 heteroatoms. The fraction of sp³-hybridized carbons (Fsp3) is 0.353. The summed E-state index contributed by atoms with van der Waals surface area (Å²) in [5.74, 6) is 0. The SMILES string of the molecule is CCN(CC)Cc1ccc(-c2cncc(C)c2)cc1. The molecule has 0 radical (unpaired) electrons. The van der Waals surface area contributed by atoms with Gasteiger partial charge in [0.25, 0.3) is 0 Å². The van der Waals surface area contributed by atoms with Gasteiger partial charge >= 0.3 is 0 Å². The Hall–Kier alpha value is -1.67. The van der Waals surface area contributed by atoms with Crippen LogP contribution in [-0.4, -0.2) is 23.0 Å². The molecule has 0 saturated carbocycles. The zero-order valence-electron chi connectivity index (χ0n) is 12.1. The maximum absolute atomic E-state index is 4.25. The first-order valence-electron chi connectivity index (χ1n) is 6.96. The van der Waals surface area contributed by atoms with Gasteiger partial charge in [-0.3, -0.25) is 9.88 Å². The molecule has 0 aliphatic carbocycles. The standard InChI is InChI=1S/C17H22N2/c1-4-19(5-2)13-15-6-8-16(9-7-15)17-10-14(3)11-18-12-17/h6-12H,4-5,13H2,1-3H3. The van der Waals surface area contributed by atoms with E-state index in [4.69, 9.17) is 0 Å². The van der Waals surface area contributed by atoms with Gasteiger partial charge in [0.2, 0.25) is 0 Å². The minimum Gasteiger partial charge on any atom is -0.300 e. The van der Waals surface area contributed by atoms with Crippen LogP contribution in [0.4, 0.5) is 0 Å². The Kier molecular flexibility index (Phi) is 4.69. The van der Waals surface area contributed by atoms with E-state index < -0.39 is 0 Å². The summed E-state index contributed by atoms with van der Waals surface area (Å²) in [5.41, 5.74) is 4.99. The lowest BCUT2D eigenvalue weighted by atomic mass is 10.0. The van der Waals surface area contributed by atoms with E-state index in [0.29, 0.717) is 0 Å². The van der Waals surface area contributed by atoms with E-state index in [2.05, 4.69) is 61.0 Å². The van der Waals surface area contributed by atoms with Crippen LogP contribution < -0.4 is 0 Å². The molecule has 0 aliphatic heterocycles. The number of aryl methyl sites for hydroxylation is 1. The van der Waals surface area contributed by atoms with E-state index in [9.17, 15) is 0 Å². The summed E-state index contributed by atoms with van der Waals surface area (Å²) in [6.07, 6.45) is 3.81. The highest BCUT2D eigenvalue weighted by atomic mass is 15.1. The molecule has 0 fully saturated rings. The average molecular weight is 254 g/mol. The normalized spacial score (nSPS) is 10.9. The summed E-state index contributed by atoms with van der Waals surface area (Å²) >= 11 is 0. The van der Waals surface area contributed by atoms with Crippen molar-refractivity contribution in [2.75, 3.05) is 13.1 Å². The van der Waals surface area contributed by atoms with Crippen molar-refractivity contribution in [3.8, 4) is 11.1 Å². The molecule has 1 aromatic heterocycles. The Labute approximate surface area is 116 Å². The molecule has 2 aromatic rings. The second kappa shape index (κ2) is 6.48. The number of hydrogen-bond donors (Lipinski definition) is 0. The predicted molar refractivity (Wildman–Crippen MR) is 81.0 cm³/mol. The number of pyridine rings is 1. The molecule has 0 atom stereocenters. The second-order valence-electron chi connectivity index (χ2n) is 4.91. The highest BCUT2D eigenvalue weighted by Crippen LogP contribution is 2.20. The molecule has 0 bridgehead atoms. The van der Waals surface area contributed by atoms with Crippen LogP contribution in [0.1, 0.15) is 25.0 Å². The van der Waals surface area contributed by atoms with Crippen molar-refractivity contribution in [1.29, 1.82) is 0 Å². The maximum Gasteiger partial charge on any atom is 0.0346 e. The number of rotatable bonds is 5. The highest BCUT2D eigenvalue weighted by molar-refractivity contribution is 5.63.